The molecule has 5 nitrogen and oxygen atoms in total. The molecule has 2 aliphatic rings. The topological polar surface area (TPSA) is 53.5 Å². The number of hydrogen-bond acceptors (Lipinski definition) is 3. The van der Waals surface area contributed by atoms with Gasteiger partial charge in [0.05, 0.1) is 11.1 Å². The van der Waals surface area contributed by atoms with Gasteiger partial charge in [-0.2, -0.15) is 0 Å². The molecule has 1 aromatic heterocycles. The largest absolute Gasteiger partial charge is 0.339 e. The van der Waals surface area contributed by atoms with Crippen molar-refractivity contribution in [3.05, 3.63) is 119 Å². The van der Waals surface area contributed by atoms with Gasteiger partial charge in [0.1, 0.15) is 17.5 Å². The molecule has 1 saturated heterocycles. The van der Waals surface area contributed by atoms with Crippen LogP contribution in [0, 0.1) is 24.4 Å². The van der Waals surface area contributed by atoms with E-state index in [4.69, 9.17) is 0 Å². The van der Waals surface area contributed by atoms with Crippen LogP contribution in [0.1, 0.15) is 44.8 Å². The number of pyridine rings is 1. The molecule has 0 aliphatic carbocycles. The SMILES string of the molecule is Cc1ccc(C(=O)N2CCC3(CC2)CN(C(=O)c2ccc(-c4ccc(F)cc4)cc2F)c2ccc(F)cc23)cn1. The summed E-state index contributed by atoms with van der Waals surface area (Å²) in [6.07, 6.45) is 2.63. The predicted molar refractivity (Wildman–Crippen MR) is 146 cm³/mol. The molecule has 0 radical (unpaired) electrons. The van der Waals surface area contributed by atoms with Crippen LogP contribution in [0.3, 0.4) is 0 Å². The van der Waals surface area contributed by atoms with Crippen LogP contribution in [0.4, 0.5) is 18.9 Å². The molecule has 4 aromatic rings. The zero-order valence-electron chi connectivity index (χ0n) is 21.8. The van der Waals surface area contributed by atoms with Gasteiger partial charge in [-0.25, -0.2) is 13.2 Å². The summed E-state index contributed by atoms with van der Waals surface area (Å²) in [4.78, 5) is 34.2. The van der Waals surface area contributed by atoms with Crippen LogP contribution in [0.15, 0.2) is 79.0 Å². The molecule has 3 aromatic carbocycles. The van der Waals surface area contributed by atoms with Crippen LogP contribution in [-0.2, 0) is 5.41 Å². The monoisotopic (exact) mass is 541 g/mol. The van der Waals surface area contributed by atoms with E-state index in [2.05, 4.69) is 4.98 Å². The maximum atomic E-state index is 15.3. The second-order valence-electron chi connectivity index (χ2n) is 10.5. The van der Waals surface area contributed by atoms with Gasteiger partial charge in [-0.05, 0) is 91.1 Å². The molecule has 40 heavy (non-hydrogen) atoms. The Labute approximate surface area is 229 Å². The molecule has 0 saturated carbocycles. The Hall–Kier alpha value is -4.46. The molecule has 1 fully saturated rings. The first-order chi connectivity index (χ1) is 19.2. The Balaban J connectivity index is 1.26. The quantitative estimate of drug-likeness (QED) is 0.306. The maximum Gasteiger partial charge on any atom is 0.261 e. The van der Waals surface area contributed by atoms with Gasteiger partial charge in [-0.1, -0.05) is 18.2 Å². The lowest BCUT2D eigenvalue weighted by atomic mass is 9.74. The van der Waals surface area contributed by atoms with Gasteiger partial charge in [0.25, 0.3) is 11.8 Å². The van der Waals surface area contributed by atoms with Crippen molar-refractivity contribution in [3.8, 4) is 11.1 Å². The molecule has 2 aliphatic heterocycles. The van der Waals surface area contributed by atoms with Crippen LogP contribution < -0.4 is 4.90 Å². The second kappa shape index (κ2) is 9.93. The number of anilines is 1. The summed E-state index contributed by atoms with van der Waals surface area (Å²) in [7, 11) is 0. The first-order valence-corrected chi connectivity index (χ1v) is 13.1. The summed E-state index contributed by atoms with van der Waals surface area (Å²) in [5.41, 5.74) is 3.08. The first kappa shape index (κ1) is 25.8. The molecule has 202 valence electrons. The highest BCUT2D eigenvalue weighted by molar-refractivity contribution is 6.08. The highest BCUT2D eigenvalue weighted by Gasteiger charge is 2.47. The van der Waals surface area contributed by atoms with Crippen molar-refractivity contribution in [1.82, 2.24) is 9.88 Å². The van der Waals surface area contributed by atoms with Crippen LogP contribution in [0.5, 0.6) is 0 Å². The highest BCUT2D eigenvalue weighted by Crippen LogP contribution is 2.48. The van der Waals surface area contributed by atoms with Gasteiger partial charge in [0.15, 0.2) is 0 Å². The van der Waals surface area contributed by atoms with E-state index < -0.39 is 28.8 Å². The summed E-state index contributed by atoms with van der Waals surface area (Å²) in [6, 6.07) is 17.9. The van der Waals surface area contributed by atoms with Crippen LogP contribution >= 0.6 is 0 Å². The molecular weight excluding hydrogens is 515 g/mol. The molecule has 1 spiro atoms. The standard InChI is InChI=1S/C32H26F3N3O2/c1-20-2-3-23(18-36-20)30(39)37-14-12-32(13-15-37)19-38(29-11-9-25(34)17-27(29)32)31(40)26-10-6-22(16-28(26)35)21-4-7-24(33)8-5-21/h2-11,16-18H,12-15,19H2,1H3. The average molecular weight is 542 g/mol. The number of likely N-dealkylation sites (tertiary alicyclic amines) is 1. The Kier molecular flexibility index (Phi) is 6.41. The van der Waals surface area contributed by atoms with E-state index in [1.54, 1.807) is 47.5 Å². The third-order valence-corrected chi connectivity index (χ3v) is 8.07. The number of nitrogens with zero attached hydrogens (tertiary/aromatic N) is 3. The fourth-order valence-electron chi connectivity index (χ4n) is 5.82. The summed E-state index contributed by atoms with van der Waals surface area (Å²) < 4.78 is 43.0. The number of carbonyl (C=O) groups is 2. The normalized spacial score (nSPS) is 15.8. The molecule has 2 amide bonds. The Morgan fingerprint density at radius 3 is 2.17 bits per heavy atom. The van der Waals surface area contributed by atoms with Gasteiger partial charge in [-0.3, -0.25) is 14.6 Å². The van der Waals surface area contributed by atoms with Crippen LogP contribution in [0.25, 0.3) is 11.1 Å². The second-order valence-corrected chi connectivity index (χ2v) is 10.5. The molecule has 8 heteroatoms. The van der Waals surface area contributed by atoms with Crippen LogP contribution in [0.2, 0.25) is 0 Å². The van der Waals surface area contributed by atoms with Crippen molar-refractivity contribution in [2.24, 2.45) is 0 Å². The lowest BCUT2D eigenvalue weighted by Gasteiger charge is -2.40. The number of carbonyl (C=O) groups excluding carboxylic acids is 2. The van der Waals surface area contributed by atoms with Crippen molar-refractivity contribution < 1.29 is 22.8 Å². The smallest absolute Gasteiger partial charge is 0.261 e. The number of hydrogen-bond donors (Lipinski definition) is 0. The van der Waals surface area contributed by atoms with Gasteiger partial charge in [-0.15, -0.1) is 0 Å². The molecule has 0 unspecified atom stereocenters. The fourth-order valence-corrected chi connectivity index (χ4v) is 5.82. The zero-order valence-corrected chi connectivity index (χ0v) is 21.8. The third-order valence-electron chi connectivity index (χ3n) is 8.07. The van der Waals surface area contributed by atoms with E-state index in [0.29, 0.717) is 53.9 Å². The summed E-state index contributed by atoms with van der Waals surface area (Å²) in [5.74, 6) is -2.13. The number of aryl methyl sites for hydroxylation is 1. The molecular formula is C32H26F3N3O2. The highest BCUT2D eigenvalue weighted by atomic mass is 19.1. The number of piperidine rings is 1. The van der Waals surface area contributed by atoms with Crippen LogP contribution in [-0.4, -0.2) is 41.3 Å². The Bertz CT molecular complexity index is 1610. The molecule has 3 heterocycles. The minimum Gasteiger partial charge on any atom is -0.339 e. The Morgan fingerprint density at radius 2 is 1.50 bits per heavy atom. The van der Waals surface area contributed by atoms with Crippen molar-refractivity contribution in [1.29, 1.82) is 0 Å². The molecule has 0 atom stereocenters. The van der Waals surface area contributed by atoms with E-state index in [-0.39, 0.29) is 18.0 Å². The number of halogens is 3. The van der Waals surface area contributed by atoms with Crippen molar-refractivity contribution in [2.45, 2.75) is 25.2 Å². The molecule has 0 N–H and O–H groups in total. The van der Waals surface area contributed by atoms with E-state index in [0.717, 1.165) is 5.69 Å². The minimum absolute atomic E-state index is 0.0994. The average Bonchev–Trinajstić information content (AvgIpc) is 3.26. The number of rotatable bonds is 3. The predicted octanol–water partition coefficient (Wildman–Crippen LogP) is 6.31. The lowest BCUT2D eigenvalue weighted by molar-refractivity contribution is 0.0670. The zero-order chi connectivity index (χ0) is 28.0. The van der Waals surface area contributed by atoms with Gasteiger partial charge in [0, 0.05) is 42.6 Å². The first-order valence-electron chi connectivity index (χ1n) is 13.1. The summed E-state index contributed by atoms with van der Waals surface area (Å²) in [5, 5.41) is 0. The van der Waals surface area contributed by atoms with Gasteiger partial charge in [0.2, 0.25) is 0 Å². The summed E-state index contributed by atoms with van der Waals surface area (Å²) >= 11 is 0. The fraction of sp³-hybridized carbons (Fsp3) is 0.219. The molecule has 0 bridgehead atoms. The lowest BCUT2D eigenvalue weighted by Crippen LogP contribution is -2.48. The maximum absolute atomic E-state index is 15.3. The van der Waals surface area contributed by atoms with Crippen molar-refractivity contribution in [3.63, 3.8) is 0 Å². The molecule has 6 rings (SSSR count). The minimum atomic E-state index is -0.691. The third kappa shape index (κ3) is 4.53. The van der Waals surface area contributed by atoms with E-state index in [9.17, 15) is 18.4 Å². The van der Waals surface area contributed by atoms with E-state index in [1.807, 2.05) is 6.92 Å². The number of aromatic nitrogens is 1. The van der Waals surface area contributed by atoms with Crippen molar-refractivity contribution >= 4 is 17.5 Å². The van der Waals surface area contributed by atoms with Crippen molar-refractivity contribution in [2.75, 3.05) is 24.5 Å². The number of amides is 2. The van der Waals surface area contributed by atoms with Gasteiger partial charge < -0.3 is 9.80 Å². The summed E-state index contributed by atoms with van der Waals surface area (Å²) in [6.45, 7) is 2.99. The number of benzene rings is 3. The number of fused-ring (bicyclic) bond motifs is 2. The van der Waals surface area contributed by atoms with E-state index in [1.165, 1.54) is 41.3 Å². The van der Waals surface area contributed by atoms with E-state index >= 15 is 4.39 Å². The van der Waals surface area contributed by atoms with Gasteiger partial charge >= 0.3 is 0 Å². The Morgan fingerprint density at radius 1 is 0.800 bits per heavy atom.